The molecule has 1 aromatic heterocycles. The molecule has 0 aliphatic carbocycles. The van der Waals surface area contributed by atoms with E-state index >= 15 is 0 Å². The minimum Gasteiger partial charge on any atom is -0.476 e. The fraction of sp³-hybridized carbons (Fsp3) is 0.231. The van der Waals surface area contributed by atoms with E-state index in [0.29, 0.717) is 6.54 Å². The molecule has 0 amide bonds. The molecule has 19 heavy (non-hydrogen) atoms. The maximum atomic E-state index is 11.3. The monoisotopic (exact) mass is 321 g/mol. The van der Waals surface area contributed by atoms with Crippen LogP contribution in [0.4, 0.5) is 0 Å². The van der Waals surface area contributed by atoms with Crippen LogP contribution in [0, 0.1) is 0 Å². The van der Waals surface area contributed by atoms with Gasteiger partial charge in [0.1, 0.15) is 0 Å². The van der Waals surface area contributed by atoms with E-state index in [-0.39, 0.29) is 5.69 Å². The molecule has 2 N–H and O–H groups in total. The molecule has 2 heterocycles. The van der Waals surface area contributed by atoms with Gasteiger partial charge in [-0.1, -0.05) is 22.0 Å². The number of nitrogens with zero attached hydrogens (tertiary/aromatic N) is 2. The Morgan fingerprint density at radius 2 is 2.32 bits per heavy atom. The Morgan fingerprint density at radius 3 is 3.05 bits per heavy atom. The number of hydrogen-bond acceptors (Lipinski definition) is 3. The van der Waals surface area contributed by atoms with Crippen LogP contribution in [0.3, 0.4) is 0 Å². The number of benzene rings is 1. The minimum atomic E-state index is -0.978. The first-order valence-corrected chi connectivity index (χ1v) is 6.77. The molecule has 3 rings (SSSR count). The van der Waals surface area contributed by atoms with E-state index in [1.165, 1.54) is 0 Å². The highest BCUT2D eigenvalue weighted by molar-refractivity contribution is 9.10. The molecule has 1 aliphatic heterocycles. The number of hydrogen-bond donors (Lipinski definition) is 2. The van der Waals surface area contributed by atoms with Crippen LogP contribution in [0.15, 0.2) is 28.7 Å². The van der Waals surface area contributed by atoms with Gasteiger partial charge >= 0.3 is 5.97 Å². The van der Waals surface area contributed by atoms with Crippen molar-refractivity contribution in [2.45, 2.75) is 13.0 Å². The third kappa shape index (κ3) is 2.17. The quantitative estimate of drug-likeness (QED) is 0.887. The van der Waals surface area contributed by atoms with Gasteiger partial charge in [-0.15, -0.1) is 0 Å². The van der Waals surface area contributed by atoms with Crippen LogP contribution in [0.2, 0.25) is 0 Å². The Labute approximate surface area is 118 Å². The smallest absolute Gasteiger partial charge is 0.356 e. The topological polar surface area (TPSA) is 67.1 Å². The lowest BCUT2D eigenvalue weighted by atomic mass is 10.1. The lowest BCUT2D eigenvalue weighted by Crippen LogP contribution is -2.25. The first-order chi connectivity index (χ1) is 9.16. The number of carbonyl (C=O) groups is 1. The fourth-order valence-electron chi connectivity index (χ4n) is 2.34. The van der Waals surface area contributed by atoms with Crippen molar-refractivity contribution in [1.82, 2.24) is 15.1 Å². The molecule has 0 unspecified atom stereocenters. The zero-order valence-electron chi connectivity index (χ0n) is 10.1. The number of aromatic nitrogens is 2. The van der Waals surface area contributed by atoms with Crippen LogP contribution >= 0.6 is 15.9 Å². The average molecular weight is 322 g/mol. The predicted molar refractivity (Wildman–Crippen MR) is 73.6 cm³/mol. The van der Waals surface area contributed by atoms with Crippen LogP contribution in [0.5, 0.6) is 0 Å². The first kappa shape index (κ1) is 12.4. The van der Waals surface area contributed by atoms with Crippen molar-refractivity contribution in [3.05, 3.63) is 45.7 Å². The summed E-state index contributed by atoms with van der Waals surface area (Å²) in [6, 6.07) is 7.70. The highest BCUT2D eigenvalue weighted by Gasteiger charge is 2.24. The Balaban J connectivity index is 2.19. The molecule has 0 fully saturated rings. The number of halogens is 1. The number of rotatable bonds is 2. The van der Waals surface area contributed by atoms with E-state index in [1.807, 2.05) is 24.3 Å². The highest BCUT2D eigenvalue weighted by atomic mass is 79.9. The molecule has 98 valence electrons. The molecule has 0 bridgehead atoms. The van der Waals surface area contributed by atoms with Crippen molar-refractivity contribution in [3.8, 4) is 5.69 Å². The minimum absolute atomic E-state index is 0.141. The van der Waals surface area contributed by atoms with Crippen molar-refractivity contribution >= 4 is 21.9 Å². The maximum absolute atomic E-state index is 11.3. The van der Waals surface area contributed by atoms with E-state index in [9.17, 15) is 9.90 Å². The Hall–Kier alpha value is -1.66. The second kappa shape index (κ2) is 4.79. The van der Waals surface area contributed by atoms with E-state index < -0.39 is 5.97 Å². The van der Waals surface area contributed by atoms with Gasteiger partial charge in [0.25, 0.3) is 0 Å². The van der Waals surface area contributed by atoms with Crippen molar-refractivity contribution in [2.24, 2.45) is 0 Å². The van der Waals surface area contributed by atoms with Gasteiger partial charge in [0.15, 0.2) is 5.69 Å². The summed E-state index contributed by atoms with van der Waals surface area (Å²) in [5.74, 6) is -0.978. The third-order valence-electron chi connectivity index (χ3n) is 3.19. The largest absolute Gasteiger partial charge is 0.476 e. The average Bonchev–Trinajstić information content (AvgIpc) is 2.78. The van der Waals surface area contributed by atoms with Crippen molar-refractivity contribution < 1.29 is 9.90 Å². The summed E-state index contributed by atoms with van der Waals surface area (Å²) < 4.78 is 2.68. The van der Waals surface area contributed by atoms with Gasteiger partial charge in [0.2, 0.25) is 0 Å². The zero-order chi connectivity index (χ0) is 13.4. The molecule has 0 atom stereocenters. The summed E-state index contributed by atoms with van der Waals surface area (Å²) in [6.07, 6.45) is 0.780. The second-order valence-electron chi connectivity index (χ2n) is 4.40. The Kier molecular flexibility index (Phi) is 3.12. The number of aromatic carboxylic acids is 1. The Morgan fingerprint density at radius 1 is 1.47 bits per heavy atom. The molecule has 0 radical (unpaired) electrons. The normalized spacial score (nSPS) is 14.2. The lowest BCUT2D eigenvalue weighted by molar-refractivity contribution is 0.0688. The number of carboxylic acids is 1. The predicted octanol–water partition coefficient (Wildman–Crippen LogP) is 1.98. The summed E-state index contributed by atoms with van der Waals surface area (Å²) >= 11 is 3.42. The molecular formula is C13H12BrN3O2. The van der Waals surface area contributed by atoms with E-state index in [1.54, 1.807) is 4.68 Å². The van der Waals surface area contributed by atoms with E-state index in [4.69, 9.17) is 0 Å². The number of fused-ring (bicyclic) bond motifs is 1. The van der Waals surface area contributed by atoms with Crippen molar-refractivity contribution in [2.75, 3.05) is 6.54 Å². The molecule has 0 spiro atoms. The molecule has 1 aromatic carbocycles. The van der Waals surface area contributed by atoms with Crippen molar-refractivity contribution in [3.63, 3.8) is 0 Å². The summed E-state index contributed by atoms with van der Waals surface area (Å²) in [5, 5.41) is 16.7. The van der Waals surface area contributed by atoms with Gasteiger partial charge in [-0.25, -0.2) is 9.48 Å². The van der Waals surface area contributed by atoms with Gasteiger partial charge in [-0.05, 0) is 18.2 Å². The molecule has 5 nitrogen and oxygen atoms in total. The number of carboxylic acid groups (broad SMARTS) is 1. The summed E-state index contributed by atoms with van der Waals surface area (Å²) in [6.45, 7) is 1.40. The Bertz CT molecular complexity index is 651. The van der Waals surface area contributed by atoms with Crippen molar-refractivity contribution in [1.29, 1.82) is 0 Å². The second-order valence-corrected chi connectivity index (χ2v) is 5.31. The summed E-state index contributed by atoms with van der Waals surface area (Å²) in [5.41, 5.74) is 2.79. The van der Waals surface area contributed by atoms with Crippen LogP contribution in [0.25, 0.3) is 5.69 Å². The van der Waals surface area contributed by atoms with Crippen LogP contribution in [-0.2, 0) is 13.0 Å². The molecule has 1 aliphatic rings. The fourth-order valence-corrected chi connectivity index (χ4v) is 2.73. The zero-order valence-corrected chi connectivity index (χ0v) is 11.6. The lowest BCUT2D eigenvalue weighted by Gasteiger charge is -2.15. The van der Waals surface area contributed by atoms with Crippen LogP contribution < -0.4 is 5.32 Å². The molecule has 2 aromatic rings. The highest BCUT2D eigenvalue weighted by Crippen LogP contribution is 2.23. The van der Waals surface area contributed by atoms with E-state index in [2.05, 4.69) is 26.3 Å². The molecule has 0 saturated carbocycles. The standard InChI is InChI=1S/C13H12BrN3O2/c14-8-2-1-3-9(6-8)17-11-4-5-15-7-10(11)12(16-17)13(18)19/h1-3,6,15H,4-5,7H2,(H,18,19). The van der Waals surface area contributed by atoms with Gasteiger partial charge in [-0.2, -0.15) is 5.10 Å². The first-order valence-electron chi connectivity index (χ1n) is 5.97. The van der Waals surface area contributed by atoms with Gasteiger partial charge in [-0.3, -0.25) is 0 Å². The third-order valence-corrected chi connectivity index (χ3v) is 3.68. The van der Waals surface area contributed by atoms with E-state index in [0.717, 1.165) is 34.4 Å². The van der Waals surface area contributed by atoms with Crippen LogP contribution in [0.1, 0.15) is 21.7 Å². The molecule has 0 saturated heterocycles. The molecule has 6 heteroatoms. The number of nitrogens with one attached hydrogen (secondary N) is 1. The van der Waals surface area contributed by atoms with Gasteiger partial charge in [0.05, 0.1) is 11.4 Å². The molecular weight excluding hydrogens is 310 g/mol. The van der Waals surface area contributed by atoms with Gasteiger partial charge < -0.3 is 10.4 Å². The SMILES string of the molecule is O=C(O)c1nn(-c2cccc(Br)c2)c2c1CNCC2. The maximum Gasteiger partial charge on any atom is 0.356 e. The summed E-state index contributed by atoms with van der Waals surface area (Å²) in [7, 11) is 0. The van der Waals surface area contributed by atoms with Gasteiger partial charge in [0, 0.05) is 29.5 Å². The summed E-state index contributed by atoms with van der Waals surface area (Å²) in [4.78, 5) is 11.3. The van der Waals surface area contributed by atoms with Crippen LogP contribution in [-0.4, -0.2) is 27.4 Å².